The predicted octanol–water partition coefficient (Wildman–Crippen LogP) is 5.17. The van der Waals surface area contributed by atoms with Gasteiger partial charge in [-0.15, -0.1) is 0 Å². The van der Waals surface area contributed by atoms with Gasteiger partial charge in [0, 0.05) is 54.9 Å². The highest BCUT2D eigenvalue weighted by molar-refractivity contribution is 5.97. The molecular formula is C27H28N4O. The predicted molar refractivity (Wildman–Crippen MR) is 127 cm³/mol. The van der Waals surface area contributed by atoms with Crippen LogP contribution in [0.25, 0.3) is 21.9 Å². The molecule has 2 aliphatic rings. The number of aryl methyl sites for hydroxylation is 1. The van der Waals surface area contributed by atoms with E-state index >= 15 is 0 Å². The van der Waals surface area contributed by atoms with E-state index in [9.17, 15) is 4.79 Å². The van der Waals surface area contributed by atoms with E-state index in [-0.39, 0.29) is 0 Å². The summed E-state index contributed by atoms with van der Waals surface area (Å²) in [5.74, 6) is 0.659. The van der Waals surface area contributed by atoms with Crippen molar-refractivity contribution in [1.29, 1.82) is 5.26 Å². The Morgan fingerprint density at radius 2 is 1.94 bits per heavy atom. The van der Waals surface area contributed by atoms with E-state index in [1.807, 2.05) is 12.4 Å². The van der Waals surface area contributed by atoms with E-state index in [1.165, 1.54) is 5.56 Å². The zero-order valence-electron chi connectivity index (χ0n) is 18.3. The number of rotatable bonds is 6. The second kappa shape index (κ2) is 9.00. The van der Waals surface area contributed by atoms with Crippen LogP contribution in [-0.2, 0) is 11.2 Å². The number of piperidine rings is 1. The molecule has 0 bridgehead atoms. The number of hydrogen-bond donors (Lipinski definition) is 1. The molecule has 1 aromatic heterocycles. The standard InChI is InChI=1S/C27H28N4O/c28-11-2-4-19-3-1-5-21(15-19)23-16-22-8-12-29-18-25(22)26(17-23)30-24-9-13-31(14-10-24)27(32)20-6-7-20/h1,3,5,8,12,15-18,20,24,30H,2,4,6-7,9-10,13-14H2. The summed E-state index contributed by atoms with van der Waals surface area (Å²) in [5.41, 5.74) is 4.60. The number of nitrogens with one attached hydrogen (secondary N) is 1. The van der Waals surface area contributed by atoms with Crippen LogP contribution < -0.4 is 5.32 Å². The number of fused-ring (bicyclic) bond motifs is 1. The molecule has 5 nitrogen and oxygen atoms in total. The van der Waals surface area contributed by atoms with Crippen LogP contribution in [0.2, 0.25) is 0 Å². The van der Waals surface area contributed by atoms with Crippen LogP contribution in [0.5, 0.6) is 0 Å². The highest BCUT2D eigenvalue weighted by Gasteiger charge is 2.34. The summed E-state index contributed by atoms with van der Waals surface area (Å²) >= 11 is 0. The lowest BCUT2D eigenvalue weighted by atomic mass is 9.97. The van der Waals surface area contributed by atoms with Gasteiger partial charge in [-0.05, 0) is 72.4 Å². The van der Waals surface area contributed by atoms with Gasteiger partial charge < -0.3 is 10.2 Å². The second-order valence-electron chi connectivity index (χ2n) is 9.00. The molecule has 162 valence electrons. The number of nitriles is 1. The maximum atomic E-state index is 12.4. The molecule has 1 saturated carbocycles. The zero-order valence-corrected chi connectivity index (χ0v) is 18.3. The number of likely N-dealkylation sites (tertiary alicyclic amines) is 1. The molecule has 5 rings (SSSR count). The van der Waals surface area contributed by atoms with Crippen molar-refractivity contribution in [2.75, 3.05) is 18.4 Å². The van der Waals surface area contributed by atoms with E-state index in [0.29, 0.717) is 24.3 Å². The fourth-order valence-corrected chi connectivity index (χ4v) is 4.64. The first kappa shape index (κ1) is 20.5. The van der Waals surface area contributed by atoms with Crippen molar-refractivity contribution in [2.24, 2.45) is 5.92 Å². The number of carbonyl (C=O) groups excluding carboxylic acids is 1. The fourth-order valence-electron chi connectivity index (χ4n) is 4.64. The van der Waals surface area contributed by atoms with Gasteiger partial charge in [-0.1, -0.05) is 24.3 Å². The molecule has 3 aromatic rings. The minimum Gasteiger partial charge on any atom is -0.382 e. The number of anilines is 1. The summed E-state index contributed by atoms with van der Waals surface area (Å²) in [6.45, 7) is 1.67. The van der Waals surface area contributed by atoms with Crippen LogP contribution in [0, 0.1) is 17.2 Å². The average Bonchev–Trinajstić information content (AvgIpc) is 3.68. The van der Waals surface area contributed by atoms with Crippen molar-refractivity contribution < 1.29 is 4.79 Å². The lowest BCUT2D eigenvalue weighted by molar-refractivity contribution is -0.133. The topological polar surface area (TPSA) is 69.0 Å². The highest BCUT2D eigenvalue weighted by atomic mass is 16.2. The van der Waals surface area contributed by atoms with Crippen molar-refractivity contribution in [3.63, 3.8) is 0 Å². The largest absolute Gasteiger partial charge is 0.382 e. The van der Waals surface area contributed by atoms with Gasteiger partial charge in [-0.25, -0.2) is 0 Å². The van der Waals surface area contributed by atoms with E-state index in [4.69, 9.17) is 5.26 Å². The molecule has 0 spiro atoms. The van der Waals surface area contributed by atoms with Gasteiger partial charge in [0.2, 0.25) is 5.91 Å². The molecule has 0 unspecified atom stereocenters. The number of nitrogens with zero attached hydrogens (tertiary/aromatic N) is 3. The Hall–Kier alpha value is -3.39. The first-order valence-corrected chi connectivity index (χ1v) is 11.6. The lowest BCUT2D eigenvalue weighted by Crippen LogP contribution is -2.43. The van der Waals surface area contributed by atoms with Crippen molar-refractivity contribution in [3.8, 4) is 17.2 Å². The maximum Gasteiger partial charge on any atom is 0.225 e. The number of carbonyl (C=O) groups is 1. The molecule has 32 heavy (non-hydrogen) atoms. The van der Waals surface area contributed by atoms with Gasteiger partial charge in [0.15, 0.2) is 0 Å². The van der Waals surface area contributed by atoms with Gasteiger partial charge in [-0.2, -0.15) is 5.26 Å². The molecule has 1 amide bonds. The first-order valence-electron chi connectivity index (χ1n) is 11.6. The third kappa shape index (κ3) is 4.45. The Bertz CT molecular complexity index is 1170. The Labute approximate surface area is 189 Å². The molecule has 0 radical (unpaired) electrons. The van der Waals surface area contributed by atoms with Gasteiger partial charge in [-0.3, -0.25) is 9.78 Å². The Balaban J connectivity index is 1.38. The minimum absolute atomic E-state index is 0.301. The molecule has 0 atom stereocenters. The van der Waals surface area contributed by atoms with Crippen molar-refractivity contribution >= 4 is 22.4 Å². The summed E-state index contributed by atoms with van der Waals surface area (Å²) in [4.78, 5) is 18.8. The van der Waals surface area contributed by atoms with Gasteiger partial charge >= 0.3 is 0 Å². The summed E-state index contributed by atoms with van der Waals surface area (Å²) in [7, 11) is 0. The molecule has 1 saturated heterocycles. The average molecular weight is 425 g/mol. The third-order valence-electron chi connectivity index (χ3n) is 6.63. The monoisotopic (exact) mass is 424 g/mol. The number of amides is 1. The van der Waals surface area contributed by atoms with E-state index < -0.39 is 0 Å². The number of aromatic nitrogens is 1. The molecule has 1 N–H and O–H groups in total. The Kier molecular flexibility index (Phi) is 5.77. The van der Waals surface area contributed by atoms with Crippen molar-refractivity contribution in [3.05, 3.63) is 60.4 Å². The van der Waals surface area contributed by atoms with Crippen LogP contribution in [0.1, 0.15) is 37.7 Å². The van der Waals surface area contributed by atoms with Gasteiger partial charge in [0.25, 0.3) is 0 Å². The zero-order chi connectivity index (χ0) is 21.9. The molecule has 1 aliphatic heterocycles. The van der Waals surface area contributed by atoms with Crippen molar-refractivity contribution in [2.45, 2.75) is 44.6 Å². The SMILES string of the molecule is N#CCCc1cccc(-c2cc(NC3CCN(C(=O)C4CC4)CC3)c3cnccc3c2)c1. The second-order valence-corrected chi connectivity index (χ2v) is 9.00. The first-order chi connectivity index (χ1) is 15.7. The Morgan fingerprint density at radius 1 is 1.09 bits per heavy atom. The van der Waals surface area contributed by atoms with Crippen LogP contribution in [0.4, 0.5) is 5.69 Å². The van der Waals surface area contributed by atoms with E-state index in [0.717, 1.165) is 72.8 Å². The summed E-state index contributed by atoms with van der Waals surface area (Å²) in [6, 6.07) is 17.5. The molecule has 1 aliphatic carbocycles. The Morgan fingerprint density at radius 3 is 2.72 bits per heavy atom. The lowest BCUT2D eigenvalue weighted by Gasteiger charge is -2.33. The van der Waals surface area contributed by atoms with Crippen LogP contribution >= 0.6 is 0 Å². The van der Waals surface area contributed by atoms with Gasteiger partial charge in [0.1, 0.15) is 0 Å². The number of benzene rings is 2. The van der Waals surface area contributed by atoms with Crippen molar-refractivity contribution in [1.82, 2.24) is 9.88 Å². The molecular weight excluding hydrogens is 396 g/mol. The number of hydrogen-bond acceptors (Lipinski definition) is 4. The van der Waals surface area contributed by atoms with Crippen LogP contribution in [0.15, 0.2) is 54.9 Å². The summed E-state index contributed by atoms with van der Waals surface area (Å²) in [5, 5.41) is 15.0. The van der Waals surface area contributed by atoms with E-state index in [2.05, 4.69) is 63.7 Å². The third-order valence-corrected chi connectivity index (χ3v) is 6.63. The number of pyridine rings is 1. The molecule has 2 fully saturated rings. The minimum atomic E-state index is 0.301. The molecule has 2 heterocycles. The normalized spacial score (nSPS) is 16.7. The fraction of sp³-hybridized carbons (Fsp3) is 0.370. The maximum absolute atomic E-state index is 12.4. The smallest absolute Gasteiger partial charge is 0.225 e. The summed E-state index contributed by atoms with van der Waals surface area (Å²) in [6.07, 6.45) is 9.13. The summed E-state index contributed by atoms with van der Waals surface area (Å²) < 4.78 is 0. The highest BCUT2D eigenvalue weighted by Crippen LogP contribution is 2.34. The van der Waals surface area contributed by atoms with E-state index in [1.54, 1.807) is 0 Å². The molecule has 5 heteroatoms. The quantitative estimate of drug-likeness (QED) is 0.593. The van der Waals surface area contributed by atoms with Crippen LogP contribution in [0.3, 0.4) is 0 Å². The van der Waals surface area contributed by atoms with Crippen LogP contribution in [-0.4, -0.2) is 34.9 Å². The van der Waals surface area contributed by atoms with Gasteiger partial charge in [0.05, 0.1) is 6.07 Å². The molecule has 2 aromatic carbocycles.